The summed E-state index contributed by atoms with van der Waals surface area (Å²) in [5.41, 5.74) is 0.680. The second kappa shape index (κ2) is 5.48. The molecule has 1 fully saturated rings. The maximum absolute atomic E-state index is 13.9. The quantitative estimate of drug-likeness (QED) is 0.870. The van der Waals surface area contributed by atoms with Gasteiger partial charge in [0.15, 0.2) is 0 Å². The number of hydrogen-bond acceptors (Lipinski definition) is 2. The zero-order valence-electron chi connectivity index (χ0n) is 10.9. The minimum Gasteiger partial charge on any atom is -0.337 e. The molecule has 2 rings (SSSR count). The van der Waals surface area contributed by atoms with Gasteiger partial charge in [-0.05, 0) is 37.9 Å². The average Bonchev–Trinajstić information content (AvgIpc) is 2.41. The Labute approximate surface area is 107 Å². The molecule has 0 spiro atoms. The number of carbonyl (C=O) groups is 1. The number of rotatable bonds is 2. The number of carbonyl (C=O) groups excluding carboxylic acids is 1. The predicted molar refractivity (Wildman–Crippen MR) is 69.1 cm³/mol. The van der Waals surface area contributed by atoms with Gasteiger partial charge >= 0.3 is 0 Å². The van der Waals surface area contributed by atoms with Crippen molar-refractivity contribution in [2.75, 3.05) is 20.1 Å². The highest BCUT2D eigenvalue weighted by molar-refractivity contribution is 5.94. The van der Waals surface area contributed by atoms with Crippen LogP contribution in [0.4, 0.5) is 4.39 Å². The number of nitrogens with one attached hydrogen (secondary N) is 1. The molecule has 1 saturated heterocycles. The number of amides is 1. The Bertz CT molecular complexity index is 441. The normalized spacial score (nSPS) is 19.6. The second-order valence-corrected chi connectivity index (χ2v) is 4.85. The molecule has 1 amide bonds. The molecule has 1 aromatic carbocycles. The smallest absolute Gasteiger partial charge is 0.256 e. The largest absolute Gasteiger partial charge is 0.337 e. The van der Waals surface area contributed by atoms with Crippen LogP contribution in [0, 0.1) is 12.7 Å². The number of hydrogen-bond donors (Lipinski definition) is 1. The average molecular weight is 250 g/mol. The SMILES string of the molecule is Cc1cccc(C(=O)N(C)C2CCCNC2)c1F. The number of nitrogens with zero attached hydrogens (tertiary/aromatic N) is 1. The fraction of sp³-hybridized carbons (Fsp3) is 0.500. The third-order valence-corrected chi connectivity index (χ3v) is 3.56. The van der Waals surface area contributed by atoms with E-state index < -0.39 is 5.82 Å². The third kappa shape index (κ3) is 2.53. The summed E-state index contributed by atoms with van der Waals surface area (Å²) in [7, 11) is 1.75. The highest BCUT2D eigenvalue weighted by Gasteiger charge is 2.24. The van der Waals surface area contributed by atoms with E-state index in [2.05, 4.69) is 5.32 Å². The van der Waals surface area contributed by atoms with Crippen LogP contribution in [0.25, 0.3) is 0 Å². The van der Waals surface area contributed by atoms with Gasteiger partial charge in [0.2, 0.25) is 0 Å². The van der Waals surface area contributed by atoms with Gasteiger partial charge in [0.1, 0.15) is 5.82 Å². The highest BCUT2D eigenvalue weighted by atomic mass is 19.1. The van der Waals surface area contributed by atoms with E-state index in [1.807, 2.05) is 0 Å². The molecule has 1 aliphatic heterocycles. The zero-order chi connectivity index (χ0) is 13.1. The van der Waals surface area contributed by atoms with Crippen LogP contribution in [0.5, 0.6) is 0 Å². The second-order valence-electron chi connectivity index (χ2n) is 4.85. The van der Waals surface area contributed by atoms with Crippen molar-refractivity contribution in [3.05, 3.63) is 35.1 Å². The first-order valence-electron chi connectivity index (χ1n) is 6.34. The lowest BCUT2D eigenvalue weighted by molar-refractivity contribution is 0.0703. The van der Waals surface area contributed by atoms with E-state index in [-0.39, 0.29) is 17.5 Å². The van der Waals surface area contributed by atoms with Crippen molar-refractivity contribution < 1.29 is 9.18 Å². The number of benzene rings is 1. The molecule has 18 heavy (non-hydrogen) atoms. The third-order valence-electron chi connectivity index (χ3n) is 3.56. The van der Waals surface area contributed by atoms with Crippen molar-refractivity contribution in [2.45, 2.75) is 25.8 Å². The molecule has 0 aromatic heterocycles. The standard InChI is InChI=1S/C14H19FN2O/c1-10-5-3-7-12(13(10)15)14(18)17(2)11-6-4-8-16-9-11/h3,5,7,11,16H,4,6,8-9H2,1-2H3. The molecule has 0 radical (unpaired) electrons. The summed E-state index contributed by atoms with van der Waals surface area (Å²) >= 11 is 0. The van der Waals surface area contributed by atoms with Crippen molar-refractivity contribution in [3.63, 3.8) is 0 Å². The van der Waals surface area contributed by atoms with Gasteiger partial charge in [-0.15, -0.1) is 0 Å². The first kappa shape index (κ1) is 13.0. The minimum atomic E-state index is -0.405. The van der Waals surface area contributed by atoms with E-state index in [4.69, 9.17) is 0 Å². The summed E-state index contributed by atoms with van der Waals surface area (Å²) in [5, 5.41) is 3.26. The van der Waals surface area contributed by atoms with Crippen LogP contribution in [0.1, 0.15) is 28.8 Å². The van der Waals surface area contributed by atoms with Crippen molar-refractivity contribution in [3.8, 4) is 0 Å². The number of halogens is 1. The van der Waals surface area contributed by atoms with E-state index in [1.54, 1.807) is 37.1 Å². The number of aryl methyl sites for hydroxylation is 1. The van der Waals surface area contributed by atoms with Crippen molar-refractivity contribution in [2.24, 2.45) is 0 Å². The maximum atomic E-state index is 13.9. The molecule has 1 aliphatic rings. The van der Waals surface area contributed by atoms with Gasteiger partial charge in [0, 0.05) is 19.6 Å². The molecule has 0 saturated carbocycles. The first-order chi connectivity index (χ1) is 8.61. The lowest BCUT2D eigenvalue weighted by Gasteiger charge is -2.31. The Morgan fingerprint density at radius 3 is 2.94 bits per heavy atom. The lowest BCUT2D eigenvalue weighted by atomic mass is 10.0. The Kier molecular flexibility index (Phi) is 3.97. The molecular weight excluding hydrogens is 231 g/mol. The number of likely N-dealkylation sites (N-methyl/N-ethyl adjacent to an activating group) is 1. The van der Waals surface area contributed by atoms with Gasteiger partial charge in [-0.2, -0.15) is 0 Å². The summed E-state index contributed by atoms with van der Waals surface area (Å²) in [6.45, 7) is 3.46. The Morgan fingerprint density at radius 2 is 2.28 bits per heavy atom. The number of piperidine rings is 1. The van der Waals surface area contributed by atoms with Gasteiger partial charge in [0.25, 0.3) is 5.91 Å². The van der Waals surface area contributed by atoms with E-state index in [0.29, 0.717) is 5.56 Å². The molecule has 98 valence electrons. The van der Waals surface area contributed by atoms with Crippen molar-refractivity contribution >= 4 is 5.91 Å². The van der Waals surface area contributed by atoms with Crippen molar-refractivity contribution in [1.29, 1.82) is 0 Å². The van der Waals surface area contributed by atoms with E-state index in [0.717, 1.165) is 25.9 Å². The Hall–Kier alpha value is -1.42. The Morgan fingerprint density at radius 1 is 1.50 bits per heavy atom. The van der Waals surface area contributed by atoms with Gasteiger partial charge in [0.05, 0.1) is 5.56 Å². The van der Waals surface area contributed by atoms with Gasteiger partial charge in [-0.3, -0.25) is 4.79 Å². The highest BCUT2D eigenvalue weighted by Crippen LogP contribution is 2.17. The first-order valence-corrected chi connectivity index (χ1v) is 6.34. The lowest BCUT2D eigenvalue weighted by Crippen LogP contribution is -2.46. The fourth-order valence-electron chi connectivity index (χ4n) is 2.33. The van der Waals surface area contributed by atoms with Crippen LogP contribution in [0.2, 0.25) is 0 Å². The Balaban J connectivity index is 2.17. The van der Waals surface area contributed by atoms with Crippen molar-refractivity contribution in [1.82, 2.24) is 10.2 Å². The molecule has 3 nitrogen and oxygen atoms in total. The summed E-state index contributed by atoms with van der Waals surface area (Å²) in [4.78, 5) is 13.9. The van der Waals surface area contributed by atoms with E-state index in [9.17, 15) is 9.18 Å². The topological polar surface area (TPSA) is 32.3 Å². The fourth-order valence-corrected chi connectivity index (χ4v) is 2.33. The molecule has 1 aromatic rings. The monoisotopic (exact) mass is 250 g/mol. The van der Waals surface area contributed by atoms with E-state index >= 15 is 0 Å². The molecule has 1 atom stereocenters. The predicted octanol–water partition coefficient (Wildman–Crippen LogP) is 1.96. The molecule has 4 heteroatoms. The minimum absolute atomic E-state index is 0.158. The summed E-state index contributed by atoms with van der Waals surface area (Å²) in [6.07, 6.45) is 2.03. The molecule has 0 bridgehead atoms. The van der Waals surface area contributed by atoms with Crippen LogP contribution in [0.3, 0.4) is 0 Å². The summed E-state index contributed by atoms with van der Waals surface area (Å²) in [6, 6.07) is 5.11. The van der Waals surface area contributed by atoms with Gasteiger partial charge in [-0.25, -0.2) is 4.39 Å². The van der Waals surface area contributed by atoms with Crippen LogP contribution in [-0.4, -0.2) is 37.0 Å². The summed E-state index contributed by atoms with van der Waals surface area (Å²) in [5.74, 6) is -0.636. The molecular formula is C14H19FN2O. The molecule has 1 unspecified atom stereocenters. The van der Waals surface area contributed by atoms with Crippen LogP contribution in [-0.2, 0) is 0 Å². The molecule has 1 heterocycles. The molecule has 0 aliphatic carbocycles. The summed E-state index contributed by atoms with van der Waals surface area (Å²) < 4.78 is 13.9. The van der Waals surface area contributed by atoms with Crippen LogP contribution < -0.4 is 5.32 Å². The van der Waals surface area contributed by atoms with E-state index in [1.165, 1.54) is 0 Å². The van der Waals surface area contributed by atoms with Crippen LogP contribution in [0.15, 0.2) is 18.2 Å². The molecule has 1 N–H and O–H groups in total. The van der Waals surface area contributed by atoms with Crippen LogP contribution >= 0.6 is 0 Å². The zero-order valence-corrected chi connectivity index (χ0v) is 10.9. The van der Waals surface area contributed by atoms with Gasteiger partial charge in [-0.1, -0.05) is 12.1 Å². The maximum Gasteiger partial charge on any atom is 0.256 e. The van der Waals surface area contributed by atoms with Gasteiger partial charge < -0.3 is 10.2 Å².